The number of aryl methyl sites for hydroxylation is 2. The van der Waals surface area contributed by atoms with Crippen LogP contribution >= 0.6 is 0 Å². The first-order valence-electron chi connectivity index (χ1n) is 9.25. The first kappa shape index (κ1) is 19.6. The van der Waals surface area contributed by atoms with E-state index in [2.05, 4.69) is 10.3 Å². The standard InChI is InChI=1S/C19H26N4O3S/c1-3-22-13-18(21-14-22)27(25,26)23-9-5-8-17(12-23)19(24)20-11-16-7-4-6-15(2)10-16/h4,6-7,10,13-14,17H,3,5,8-9,11-12H2,1-2H3,(H,20,24)/t17-/m1/s1. The lowest BCUT2D eigenvalue weighted by Gasteiger charge is -2.30. The van der Waals surface area contributed by atoms with Gasteiger partial charge in [0.1, 0.15) is 0 Å². The number of hydrogen-bond donors (Lipinski definition) is 1. The number of amides is 1. The monoisotopic (exact) mass is 390 g/mol. The van der Waals surface area contributed by atoms with E-state index in [9.17, 15) is 13.2 Å². The molecule has 2 aromatic rings. The van der Waals surface area contributed by atoms with Crippen molar-refractivity contribution < 1.29 is 13.2 Å². The summed E-state index contributed by atoms with van der Waals surface area (Å²) < 4.78 is 28.7. The molecule has 3 rings (SSSR count). The van der Waals surface area contributed by atoms with Crippen LogP contribution in [0.25, 0.3) is 0 Å². The number of piperidine rings is 1. The highest BCUT2D eigenvalue weighted by atomic mass is 32.2. The van der Waals surface area contributed by atoms with Gasteiger partial charge in [-0.3, -0.25) is 4.79 Å². The Labute approximate surface area is 160 Å². The number of imidazole rings is 1. The smallest absolute Gasteiger partial charge is 0.262 e. The van der Waals surface area contributed by atoms with Crippen molar-refractivity contribution in [2.45, 2.75) is 44.8 Å². The summed E-state index contributed by atoms with van der Waals surface area (Å²) in [6.07, 6.45) is 4.41. The number of aromatic nitrogens is 2. The summed E-state index contributed by atoms with van der Waals surface area (Å²) in [5.41, 5.74) is 2.18. The van der Waals surface area contributed by atoms with E-state index in [0.29, 0.717) is 32.5 Å². The van der Waals surface area contributed by atoms with E-state index in [1.807, 2.05) is 38.1 Å². The topological polar surface area (TPSA) is 84.3 Å². The molecule has 0 aliphatic carbocycles. The Morgan fingerprint density at radius 1 is 1.37 bits per heavy atom. The van der Waals surface area contributed by atoms with E-state index in [1.54, 1.807) is 4.57 Å². The van der Waals surface area contributed by atoms with Gasteiger partial charge in [-0.25, -0.2) is 13.4 Å². The minimum Gasteiger partial charge on any atom is -0.352 e. The van der Waals surface area contributed by atoms with Gasteiger partial charge in [-0.2, -0.15) is 4.31 Å². The Bertz CT molecular complexity index is 907. The SMILES string of the molecule is CCn1cnc(S(=O)(=O)N2CCC[C@@H](C(=O)NCc3cccc(C)c3)C2)c1. The number of carbonyl (C=O) groups is 1. The number of hydrogen-bond acceptors (Lipinski definition) is 4. The molecule has 0 radical (unpaired) electrons. The van der Waals surface area contributed by atoms with Gasteiger partial charge in [0.25, 0.3) is 10.0 Å². The lowest BCUT2D eigenvalue weighted by molar-refractivity contribution is -0.126. The predicted molar refractivity (Wildman–Crippen MR) is 102 cm³/mol. The van der Waals surface area contributed by atoms with Crippen LogP contribution < -0.4 is 5.32 Å². The maximum Gasteiger partial charge on any atom is 0.262 e. The van der Waals surface area contributed by atoms with Gasteiger partial charge in [0, 0.05) is 32.4 Å². The van der Waals surface area contributed by atoms with Crippen LogP contribution in [0.5, 0.6) is 0 Å². The van der Waals surface area contributed by atoms with Crippen LogP contribution in [0.4, 0.5) is 0 Å². The number of sulfonamides is 1. The van der Waals surface area contributed by atoms with Gasteiger partial charge < -0.3 is 9.88 Å². The fraction of sp³-hybridized carbons (Fsp3) is 0.474. The number of benzene rings is 1. The van der Waals surface area contributed by atoms with E-state index in [4.69, 9.17) is 0 Å². The molecular formula is C19H26N4O3S. The highest BCUT2D eigenvalue weighted by molar-refractivity contribution is 7.89. The van der Waals surface area contributed by atoms with Crippen LogP contribution in [-0.2, 0) is 27.9 Å². The zero-order valence-corrected chi connectivity index (χ0v) is 16.6. The minimum atomic E-state index is -3.67. The van der Waals surface area contributed by atoms with Crippen molar-refractivity contribution >= 4 is 15.9 Å². The molecule has 27 heavy (non-hydrogen) atoms. The maximum atomic E-state index is 12.8. The number of nitrogens with zero attached hydrogens (tertiary/aromatic N) is 3. The quantitative estimate of drug-likeness (QED) is 0.817. The minimum absolute atomic E-state index is 0.0465. The highest BCUT2D eigenvalue weighted by Crippen LogP contribution is 2.23. The summed E-state index contributed by atoms with van der Waals surface area (Å²) in [6.45, 7) is 5.66. The van der Waals surface area contributed by atoms with Crippen molar-refractivity contribution in [2.75, 3.05) is 13.1 Å². The maximum absolute atomic E-state index is 12.8. The van der Waals surface area contributed by atoms with Gasteiger partial charge in [0.2, 0.25) is 5.91 Å². The molecule has 146 valence electrons. The van der Waals surface area contributed by atoms with Crippen molar-refractivity contribution in [3.05, 3.63) is 47.9 Å². The summed E-state index contributed by atoms with van der Waals surface area (Å²) in [4.78, 5) is 16.6. The first-order valence-corrected chi connectivity index (χ1v) is 10.7. The highest BCUT2D eigenvalue weighted by Gasteiger charge is 2.34. The summed E-state index contributed by atoms with van der Waals surface area (Å²) in [5.74, 6) is -0.443. The summed E-state index contributed by atoms with van der Waals surface area (Å²) >= 11 is 0. The van der Waals surface area contributed by atoms with Crippen LogP contribution in [0.1, 0.15) is 30.9 Å². The molecule has 2 heterocycles. The Kier molecular flexibility index (Phi) is 5.96. The van der Waals surface area contributed by atoms with Crippen molar-refractivity contribution in [3.8, 4) is 0 Å². The Balaban J connectivity index is 1.63. The van der Waals surface area contributed by atoms with Gasteiger partial charge in [-0.05, 0) is 32.3 Å². The molecule has 1 amide bonds. The second kappa shape index (κ2) is 8.22. The normalized spacial score (nSPS) is 18.4. The largest absolute Gasteiger partial charge is 0.352 e. The molecule has 1 fully saturated rings. The second-order valence-electron chi connectivity index (χ2n) is 6.95. The van der Waals surface area contributed by atoms with Crippen molar-refractivity contribution in [2.24, 2.45) is 5.92 Å². The molecule has 0 unspecified atom stereocenters. The van der Waals surface area contributed by atoms with Crippen LogP contribution in [0.15, 0.2) is 41.8 Å². The number of carbonyl (C=O) groups excluding carboxylic acids is 1. The van der Waals surface area contributed by atoms with Gasteiger partial charge in [0.05, 0.1) is 12.2 Å². The van der Waals surface area contributed by atoms with Crippen molar-refractivity contribution in [3.63, 3.8) is 0 Å². The second-order valence-corrected chi connectivity index (χ2v) is 8.84. The third-order valence-electron chi connectivity index (χ3n) is 4.88. The van der Waals surface area contributed by atoms with Crippen molar-refractivity contribution in [1.29, 1.82) is 0 Å². The van der Waals surface area contributed by atoms with Crippen LogP contribution in [0, 0.1) is 12.8 Å². The molecule has 1 aromatic heterocycles. The molecular weight excluding hydrogens is 364 g/mol. The third kappa shape index (κ3) is 4.56. The van der Waals surface area contributed by atoms with Crippen molar-refractivity contribution in [1.82, 2.24) is 19.2 Å². The predicted octanol–water partition coefficient (Wildman–Crippen LogP) is 1.93. The molecule has 0 spiro atoms. The molecule has 0 bridgehead atoms. The van der Waals surface area contributed by atoms with Crippen LogP contribution in [-0.4, -0.2) is 41.3 Å². The first-order chi connectivity index (χ1) is 12.9. The molecule has 1 aliphatic heterocycles. The van der Waals surface area contributed by atoms with E-state index in [1.165, 1.54) is 16.8 Å². The van der Waals surface area contributed by atoms with Gasteiger partial charge in [-0.15, -0.1) is 0 Å². The zero-order chi connectivity index (χ0) is 19.4. The number of rotatable bonds is 6. The van der Waals surface area contributed by atoms with Gasteiger partial charge >= 0.3 is 0 Å². The average molecular weight is 391 g/mol. The lowest BCUT2D eigenvalue weighted by atomic mass is 9.98. The van der Waals surface area contributed by atoms with E-state index in [-0.39, 0.29) is 23.4 Å². The molecule has 1 aromatic carbocycles. The summed E-state index contributed by atoms with van der Waals surface area (Å²) in [6, 6.07) is 7.97. The zero-order valence-electron chi connectivity index (χ0n) is 15.8. The van der Waals surface area contributed by atoms with Gasteiger partial charge in [-0.1, -0.05) is 29.8 Å². The van der Waals surface area contributed by atoms with E-state index in [0.717, 1.165) is 11.1 Å². The Morgan fingerprint density at radius 3 is 2.89 bits per heavy atom. The molecule has 8 heteroatoms. The lowest BCUT2D eigenvalue weighted by Crippen LogP contribution is -2.45. The van der Waals surface area contributed by atoms with Gasteiger partial charge in [0.15, 0.2) is 5.03 Å². The summed E-state index contributed by atoms with van der Waals surface area (Å²) in [5, 5.41) is 2.99. The molecule has 0 saturated carbocycles. The fourth-order valence-electron chi connectivity index (χ4n) is 3.31. The molecule has 1 aliphatic rings. The van der Waals surface area contributed by atoms with E-state index < -0.39 is 10.0 Å². The molecule has 7 nitrogen and oxygen atoms in total. The molecule has 1 N–H and O–H groups in total. The Morgan fingerprint density at radius 2 is 2.19 bits per heavy atom. The average Bonchev–Trinajstić information content (AvgIpc) is 3.16. The number of nitrogens with one attached hydrogen (secondary N) is 1. The third-order valence-corrected chi connectivity index (χ3v) is 6.63. The fourth-order valence-corrected chi connectivity index (χ4v) is 4.77. The molecule has 1 saturated heterocycles. The van der Waals surface area contributed by atoms with E-state index >= 15 is 0 Å². The molecule has 1 atom stereocenters. The van der Waals surface area contributed by atoms with Crippen LogP contribution in [0.2, 0.25) is 0 Å². The van der Waals surface area contributed by atoms with Crippen LogP contribution in [0.3, 0.4) is 0 Å². The summed E-state index contributed by atoms with van der Waals surface area (Å²) in [7, 11) is -3.67. The Hall–Kier alpha value is -2.19.